The molecular formula is C21H19N3O4. The number of non-ortho nitro benzene ring substituents is 1. The number of carbonyl (C=O) groups excluding carboxylic acids is 1. The fourth-order valence-corrected chi connectivity index (χ4v) is 2.94. The van der Waals surface area contributed by atoms with E-state index < -0.39 is 4.92 Å². The first-order valence-electron chi connectivity index (χ1n) is 8.94. The quantitative estimate of drug-likeness (QED) is 0.331. The lowest BCUT2D eigenvalue weighted by molar-refractivity contribution is -0.384. The molecule has 1 fully saturated rings. The number of hydrogen-bond donors (Lipinski definition) is 0. The van der Waals surface area contributed by atoms with E-state index in [0.717, 1.165) is 24.0 Å². The van der Waals surface area contributed by atoms with Crippen molar-refractivity contribution in [1.29, 1.82) is 5.26 Å². The lowest BCUT2D eigenvalue weighted by Gasteiger charge is -2.14. The normalized spacial score (nSPS) is 13.8. The van der Waals surface area contributed by atoms with E-state index in [9.17, 15) is 20.2 Å². The highest BCUT2D eigenvalue weighted by molar-refractivity contribution is 6.01. The summed E-state index contributed by atoms with van der Waals surface area (Å²) in [5.41, 5.74) is 1.72. The van der Waals surface area contributed by atoms with E-state index >= 15 is 0 Å². The van der Waals surface area contributed by atoms with Gasteiger partial charge in [0.05, 0.1) is 4.92 Å². The summed E-state index contributed by atoms with van der Waals surface area (Å²) in [7, 11) is 0. The van der Waals surface area contributed by atoms with Crippen LogP contribution >= 0.6 is 0 Å². The molecule has 0 aliphatic carbocycles. The van der Waals surface area contributed by atoms with Crippen LogP contribution < -0.4 is 4.74 Å². The molecule has 28 heavy (non-hydrogen) atoms. The van der Waals surface area contributed by atoms with Crippen molar-refractivity contribution in [1.82, 2.24) is 4.90 Å². The van der Waals surface area contributed by atoms with Crippen molar-refractivity contribution < 1.29 is 14.5 Å². The molecule has 0 N–H and O–H groups in total. The van der Waals surface area contributed by atoms with Crippen molar-refractivity contribution in [3.05, 3.63) is 75.3 Å². The van der Waals surface area contributed by atoms with Gasteiger partial charge in [-0.2, -0.15) is 5.26 Å². The van der Waals surface area contributed by atoms with E-state index in [4.69, 9.17) is 4.74 Å². The molecule has 1 heterocycles. The molecular weight excluding hydrogens is 358 g/mol. The van der Waals surface area contributed by atoms with Crippen molar-refractivity contribution in [2.24, 2.45) is 0 Å². The smallest absolute Gasteiger partial charge is 0.269 e. The van der Waals surface area contributed by atoms with Gasteiger partial charge in [-0.3, -0.25) is 14.9 Å². The summed E-state index contributed by atoms with van der Waals surface area (Å²) in [6.07, 6.45) is 3.54. The highest BCUT2D eigenvalue weighted by Crippen LogP contribution is 2.19. The number of nitro benzene ring substituents is 1. The predicted molar refractivity (Wildman–Crippen MR) is 103 cm³/mol. The number of benzene rings is 2. The molecule has 1 aliphatic heterocycles. The Bertz CT molecular complexity index is 922. The number of nitro groups is 1. The third-order valence-corrected chi connectivity index (χ3v) is 4.49. The average molecular weight is 377 g/mol. The summed E-state index contributed by atoms with van der Waals surface area (Å²) in [6, 6.07) is 15.2. The molecule has 0 atom stereocenters. The van der Waals surface area contributed by atoms with Crippen molar-refractivity contribution in [2.45, 2.75) is 19.4 Å². The Morgan fingerprint density at radius 2 is 1.79 bits per heavy atom. The maximum absolute atomic E-state index is 12.3. The summed E-state index contributed by atoms with van der Waals surface area (Å²) in [5, 5.41) is 20.0. The maximum atomic E-state index is 12.3. The van der Waals surface area contributed by atoms with E-state index in [1.807, 2.05) is 6.07 Å². The van der Waals surface area contributed by atoms with Crippen molar-refractivity contribution in [3.8, 4) is 11.8 Å². The molecule has 1 saturated heterocycles. The number of hydrogen-bond acceptors (Lipinski definition) is 5. The van der Waals surface area contributed by atoms with Gasteiger partial charge in [0.25, 0.3) is 11.6 Å². The molecule has 0 bridgehead atoms. The molecule has 7 heteroatoms. The minimum atomic E-state index is -0.444. The number of carbonyl (C=O) groups is 1. The Labute approximate surface area is 162 Å². The monoisotopic (exact) mass is 377 g/mol. The zero-order chi connectivity index (χ0) is 19.9. The number of amides is 1. The van der Waals surface area contributed by atoms with Gasteiger partial charge in [0.2, 0.25) is 0 Å². The van der Waals surface area contributed by atoms with Gasteiger partial charge in [0.1, 0.15) is 24.0 Å². The summed E-state index contributed by atoms with van der Waals surface area (Å²) < 4.78 is 5.68. The minimum absolute atomic E-state index is 0.0386. The number of likely N-dealkylation sites (tertiary alicyclic amines) is 1. The Hall–Kier alpha value is -3.66. The number of ether oxygens (including phenoxy) is 1. The van der Waals surface area contributed by atoms with E-state index in [1.54, 1.807) is 47.4 Å². The Morgan fingerprint density at radius 3 is 2.36 bits per heavy atom. The Morgan fingerprint density at radius 1 is 1.14 bits per heavy atom. The second kappa shape index (κ2) is 8.82. The van der Waals surface area contributed by atoms with Crippen molar-refractivity contribution in [2.75, 3.05) is 13.1 Å². The largest absolute Gasteiger partial charge is 0.489 e. The van der Waals surface area contributed by atoms with Crippen LogP contribution in [0.4, 0.5) is 5.69 Å². The second-order valence-corrected chi connectivity index (χ2v) is 6.45. The molecule has 0 unspecified atom stereocenters. The molecule has 142 valence electrons. The minimum Gasteiger partial charge on any atom is -0.489 e. The van der Waals surface area contributed by atoms with E-state index in [0.29, 0.717) is 18.8 Å². The third kappa shape index (κ3) is 4.74. The van der Waals surface area contributed by atoms with E-state index in [-0.39, 0.29) is 23.8 Å². The van der Waals surface area contributed by atoms with Crippen molar-refractivity contribution >= 4 is 17.7 Å². The van der Waals surface area contributed by atoms with Gasteiger partial charge < -0.3 is 9.64 Å². The molecule has 1 aliphatic rings. The first-order chi connectivity index (χ1) is 13.6. The highest BCUT2D eigenvalue weighted by Gasteiger charge is 2.21. The molecule has 7 nitrogen and oxygen atoms in total. The Kier molecular flexibility index (Phi) is 6.02. The van der Waals surface area contributed by atoms with Crippen LogP contribution in [-0.2, 0) is 11.4 Å². The van der Waals surface area contributed by atoms with Crippen LogP contribution in [0.1, 0.15) is 24.0 Å². The van der Waals surface area contributed by atoms with E-state index in [2.05, 4.69) is 0 Å². The SMILES string of the molecule is N#C/C(=C\c1ccc(OCc2ccc([N+](=O)[O-])cc2)cc1)C(=O)N1CCCC1. The van der Waals surface area contributed by atoms with Crippen LogP contribution in [0.15, 0.2) is 54.1 Å². The van der Waals surface area contributed by atoms with Gasteiger partial charge in [-0.15, -0.1) is 0 Å². The number of nitrogens with zero attached hydrogens (tertiary/aromatic N) is 3. The van der Waals surface area contributed by atoms with Gasteiger partial charge in [-0.1, -0.05) is 12.1 Å². The van der Waals surface area contributed by atoms with Crippen LogP contribution in [0.2, 0.25) is 0 Å². The zero-order valence-corrected chi connectivity index (χ0v) is 15.2. The molecule has 2 aromatic rings. The lowest BCUT2D eigenvalue weighted by atomic mass is 10.1. The van der Waals surface area contributed by atoms with Gasteiger partial charge in [-0.05, 0) is 54.3 Å². The summed E-state index contributed by atoms with van der Waals surface area (Å²) in [4.78, 5) is 24.3. The second-order valence-electron chi connectivity index (χ2n) is 6.45. The van der Waals surface area contributed by atoms with Crippen LogP contribution in [0, 0.1) is 21.4 Å². The molecule has 0 spiro atoms. The summed E-state index contributed by atoms with van der Waals surface area (Å²) in [5.74, 6) is 0.401. The van der Waals surface area contributed by atoms with Gasteiger partial charge in [-0.25, -0.2) is 0 Å². The van der Waals surface area contributed by atoms with E-state index in [1.165, 1.54) is 12.1 Å². The lowest BCUT2D eigenvalue weighted by Crippen LogP contribution is -2.28. The van der Waals surface area contributed by atoms with Crippen LogP contribution in [0.5, 0.6) is 5.75 Å². The first-order valence-corrected chi connectivity index (χ1v) is 8.94. The van der Waals surface area contributed by atoms with Crippen LogP contribution in [0.3, 0.4) is 0 Å². The van der Waals surface area contributed by atoms with Crippen LogP contribution in [0.25, 0.3) is 6.08 Å². The number of rotatable bonds is 6. The molecule has 0 aromatic heterocycles. The summed E-state index contributed by atoms with van der Waals surface area (Å²) in [6.45, 7) is 1.69. The summed E-state index contributed by atoms with van der Waals surface area (Å²) >= 11 is 0. The molecule has 1 amide bonds. The molecule has 0 saturated carbocycles. The molecule has 3 rings (SSSR count). The average Bonchev–Trinajstić information content (AvgIpc) is 3.26. The number of nitriles is 1. The van der Waals surface area contributed by atoms with Gasteiger partial charge in [0.15, 0.2) is 0 Å². The fraction of sp³-hybridized carbons (Fsp3) is 0.238. The zero-order valence-electron chi connectivity index (χ0n) is 15.2. The Balaban J connectivity index is 1.61. The molecule has 0 radical (unpaired) electrons. The topological polar surface area (TPSA) is 96.5 Å². The third-order valence-electron chi connectivity index (χ3n) is 4.49. The van der Waals surface area contributed by atoms with Gasteiger partial charge >= 0.3 is 0 Å². The van der Waals surface area contributed by atoms with Crippen LogP contribution in [-0.4, -0.2) is 28.8 Å². The highest BCUT2D eigenvalue weighted by atomic mass is 16.6. The fourth-order valence-electron chi connectivity index (χ4n) is 2.94. The van der Waals surface area contributed by atoms with Crippen molar-refractivity contribution in [3.63, 3.8) is 0 Å². The predicted octanol–water partition coefficient (Wildman–Crippen LogP) is 3.70. The maximum Gasteiger partial charge on any atom is 0.269 e. The standard InChI is InChI=1S/C21H19N3O4/c22-14-18(21(25)23-11-1-2-12-23)13-16-5-9-20(10-6-16)28-15-17-3-7-19(8-4-17)24(26)27/h3-10,13H,1-2,11-12,15H2/b18-13+. The van der Waals surface area contributed by atoms with Gasteiger partial charge in [0, 0.05) is 25.2 Å². The first kappa shape index (κ1) is 19.1. The molecule has 2 aromatic carbocycles.